The normalized spacial score (nSPS) is 23.9. The molecule has 1 aliphatic heterocycles. The standard InChI is InChI=1S/C16H17ClN2O2/c1-3-13-9-21-10(2)15(19-13)14(8-18)16(20)11-4-6-12(17)7-5-11/h4-7,10,13,19H,3,9H2,1-2H3/b15-14-. The fourth-order valence-corrected chi connectivity index (χ4v) is 2.32. The highest BCUT2D eigenvalue weighted by atomic mass is 35.5. The second kappa shape index (κ2) is 6.75. The number of Topliss-reactive ketones (excluding diaryl/α,β-unsaturated/α-hetero) is 1. The van der Waals surface area contributed by atoms with E-state index >= 15 is 0 Å². The van der Waals surface area contributed by atoms with Crippen molar-refractivity contribution in [1.29, 1.82) is 5.26 Å². The maximum atomic E-state index is 12.5. The van der Waals surface area contributed by atoms with E-state index in [1.54, 1.807) is 24.3 Å². The van der Waals surface area contributed by atoms with Crippen LogP contribution in [0.4, 0.5) is 0 Å². The number of halogens is 1. The monoisotopic (exact) mass is 304 g/mol. The highest BCUT2D eigenvalue weighted by Gasteiger charge is 2.27. The van der Waals surface area contributed by atoms with E-state index in [9.17, 15) is 10.1 Å². The molecule has 0 aromatic heterocycles. The first-order valence-corrected chi connectivity index (χ1v) is 7.27. The van der Waals surface area contributed by atoms with Crippen molar-refractivity contribution in [2.45, 2.75) is 32.4 Å². The van der Waals surface area contributed by atoms with Gasteiger partial charge in [0.05, 0.1) is 18.4 Å². The lowest BCUT2D eigenvalue weighted by atomic mass is 9.99. The van der Waals surface area contributed by atoms with Crippen LogP contribution in [0.25, 0.3) is 0 Å². The first-order valence-electron chi connectivity index (χ1n) is 6.89. The second-order valence-corrected chi connectivity index (χ2v) is 5.40. The highest BCUT2D eigenvalue weighted by molar-refractivity contribution is 6.30. The van der Waals surface area contributed by atoms with E-state index in [0.717, 1.165) is 6.42 Å². The van der Waals surface area contributed by atoms with Crippen molar-refractivity contribution >= 4 is 17.4 Å². The molecule has 4 nitrogen and oxygen atoms in total. The molecule has 110 valence electrons. The van der Waals surface area contributed by atoms with Gasteiger partial charge in [0.1, 0.15) is 11.6 Å². The number of nitrogens with one attached hydrogen (secondary N) is 1. The van der Waals surface area contributed by atoms with E-state index in [1.807, 2.05) is 19.9 Å². The Labute approximate surface area is 129 Å². The average molecular weight is 305 g/mol. The Morgan fingerprint density at radius 2 is 2.14 bits per heavy atom. The summed E-state index contributed by atoms with van der Waals surface area (Å²) >= 11 is 5.82. The van der Waals surface area contributed by atoms with E-state index in [0.29, 0.717) is 22.9 Å². The predicted molar refractivity (Wildman–Crippen MR) is 81.1 cm³/mol. The predicted octanol–water partition coefficient (Wildman–Crippen LogP) is 3.09. The maximum absolute atomic E-state index is 12.5. The van der Waals surface area contributed by atoms with E-state index < -0.39 is 0 Å². The lowest BCUT2D eigenvalue weighted by Gasteiger charge is -2.31. The Morgan fingerprint density at radius 3 is 2.71 bits per heavy atom. The van der Waals surface area contributed by atoms with Gasteiger partial charge in [0.2, 0.25) is 5.78 Å². The molecule has 1 aliphatic rings. The van der Waals surface area contributed by atoms with Crippen LogP contribution in [0.2, 0.25) is 5.02 Å². The van der Waals surface area contributed by atoms with E-state index in [1.165, 1.54) is 0 Å². The van der Waals surface area contributed by atoms with Gasteiger partial charge in [0.15, 0.2) is 0 Å². The van der Waals surface area contributed by atoms with E-state index in [-0.39, 0.29) is 23.5 Å². The molecule has 0 radical (unpaired) electrons. The van der Waals surface area contributed by atoms with Gasteiger partial charge >= 0.3 is 0 Å². The summed E-state index contributed by atoms with van der Waals surface area (Å²) in [5, 5.41) is 13.2. The van der Waals surface area contributed by atoms with E-state index in [4.69, 9.17) is 16.3 Å². The van der Waals surface area contributed by atoms with Gasteiger partial charge in [0, 0.05) is 16.6 Å². The third-order valence-corrected chi connectivity index (χ3v) is 3.77. The number of allylic oxidation sites excluding steroid dienone is 1. The van der Waals surface area contributed by atoms with Gasteiger partial charge in [-0.25, -0.2) is 0 Å². The summed E-state index contributed by atoms with van der Waals surface area (Å²) in [5.74, 6) is -0.316. The molecule has 1 heterocycles. The van der Waals surface area contributed by atoms with Gasteiger partial charge in [-0.05, 0) is 37.6 Å². The molecule has 0 spiro atoms. The number of carbonyl (C=O) groups excluding carboxylic acids is 1. The van der Waals surface area contributed by atoms with Crippen LogP contribution in [-0.2, 0) is 4.74 Å². The molecule has 0 amide bonds. The van der Waals surface area contributed by atoms with Crippen molar-refractivity contribution in [2.75, 3.05) is 6.61 Å². The summed E-state index contributed by atoms with van der Waals surface area (Å²) in [6.45, 7) is 4.44. The SMILES string of the molecule is CCC1COC(C)/C(=C(\C#N)C(=O)c2ccc(Cl)cc2)N1. The van der Waals surface area contributed by atoms with E-state index in [2.05, 4.69) is 5.32 Å². The van der Waals surface area contributed by atoms with Gasteiger partial charge in [-0.3, -0.25) is 4.79 Å². The topological polar surface area (TPSA) is 62.1 Å². The summed E-state index contributed by atoms with van der Waals surface area (Å²) in [4.78, 5) is 12.5. The Bertz CT molecular complexity index is 602. The number of benzene rings is 1. The summed E-state index contributed by atoms with van der Waals surface area (Å²) in [6.07, 6.45) is 0.572. The summed E-state index contributed by atoms with van der Waals surface area (Å²) in [6, 6.07) is 8.65. The quantitative estimate of drug-likeness (QED) is 0.529. The van der Waals surface area contributed by atoms with Gasteiger partial charge in [-0.1, -0.05) is 18.5 Å². The van der Waals surface area contributed by atoms with Crippen molar-refractivity contribution in [3.63, 3.8) is 0 Å². The van der Waals surface area contributed by atoms with Gasteiger partial charge < -0.3 is 10.1 Å². The average Bonchev–Trinajstić information content (AvgIpc) is 2.50. The van der Waals surface area contributed by atoms with Crippen molar-refractivity contribution in [3.8, 4) is 6.07 Å². The molecule has 2 atom stereocenters. The zero-order chi connectivity index (χ0) is 15.4. The molecule has 1 aromatic carbocycles. The van der Waals surface area contributed by atoms with Crippen molar-refractivity contribution < 1.29 is 9.53 Å². The smallest absolute Gasteiger partial charge is 0.205 e. The maximum Gasteiger partial charge on any atom is 0.205 e. The lowest BCUT2D eigenvalue weighted by molar-refractivity contribution is 0.0388. The number of nitrogens with zero attached hydrogens (tertiary/aromatic N) is 1. The zero-order valence-electron chi connectivity index (χ0n) is 12.0. The molecule has 1 aromatic rings. The van der Waals surface area contributed by atoms with Gasteiger partial charge in [0.25, 0.3) is 0 Å². The fourth-order valence-electron chi connectivity index (χ4n) is 2.20. The Morgan fingerprint density at radius 1 is 1.48 bits per heavy atom. The molecular formula is C16H17ClN2O2. The number of rotatable bonds is 3. The number of carbonyl (C=O) groups is 1. The number of hydrogen-bond donors (Lipinski definition) is 1. The minimum absolute atomic E-state index is 0.1000. The van der Waals surface area contributed by atoms with Crippen LogP contribution < -0.4 is 5.32 Å². The lowest BCUT2D eigenvalue weighted by Crippen LogP contribution is -2.44. The van der Waals surface area contributed by atoms with Crippen LogP contribution in [0.15, 0.2) is 35.5 Å². The van der Waals surface area contributed by atoms with Crippen LogP contribution in [0.1, 0.15) is 30.6 Å². The number of ketones is 1. The molecule has 1 fully saturated rings. The first-order chi connectivity index (χ1) is 10.1. The molecular weight excluding hydrogens is 288 g/mol. The Balaban J connectivity index is 2.37. The summed E-state index contributed by atoms with van der Waals surface area (Å²) in [7, 11) is 0. The Hall–Kier alpha value is -1.83. The molecule has 2 rings (SSSR count). The van der Waals surface area contributed by atoms with Gasteiger partial charge in [-0.15, -0.1) is 0 Å². The number of hydrogen-bond acceptors (Lipinski definition) is 4. The number of ether oxygens (including phenoxy) is 1. The third-order valence-electron chi connectivity index (χ3n) is 3.52. The fraction of sp³-hybridized carbons (Fsp3) is 0.375. The molecule has 0 aliphatic carbocycles. The van der Waals surface area contributed by atoms with Crippen LogP contribution >= 0.6 is 11.6 Å². The molecule has 1 N–H and O–H groups in total. The third kappa shape index (κ3) is 3.44. The number of morpholine rings is 1. The summed E-state index contributed by atoms with van der Waals surface area (Å²) < 4.78 is 5.64. The first kappa shape index (κ1) is 15.6. The molecule has 2 unspecified atom stereocenters. The second-order valence-electron chi connectivity index (χ2n) is 4.96. The van der Waals surface area contributed by atoms with Crippen LogP contribution in [0.3, 0.4) is 0 Å². The molecule has 1 saturated heterocycles. The summed E-state index contributed by atoms with van der Waals surface area (Å²) in [5.41, 5.74) is 1.11. The van der Waals surface area contributed by atoms with Crippen molar-refractivity contribution in [2.24, 2.45) is 0 Å². The number of nitriles is 1. The zero-order valence-corrected chi connectivity index (χ0v) is 12.8. The Kier molecular flexibility index (Phi) is 5.00. The molecule has 0 bridgehead atoms. The highest BCUT2D eigenvalue weighted by Crippen LogP contribution is 2.20. The van der Waals surface area contributed by atoms with Crippen LogP contribution in [0, 0.1) is 11.3 Å². The minimum atomic E-state index is -0.316. The largest absolute Gasteiger partial charge is 0.380 e. The minimum Gasteiger partial charge on any atom is -0.380 e. The van der Waals surface area contributed by atoms with Crippen molar-refractivity contribution in [3.05, 3.63) is 46.1 Å². The molecule has 0 saturated carbocycles. The van der Waals surface area contributed by atoms with Crippen LogP contribution in [0.5, 0.6) is 0 Å². The van der Waals surface area contributed by atoms with Crippen molar-refractivity contribution in [1.82, 2.24) is 5.32 Å². The van der Waals surface area contributed by atoms with Gasteiger partial charge in [-0.2, -0.15) is 5.26 Å². The van der Waals surface area contributed by atoms with Crippen LogP contribution in [-0.4, -0.2) is 24.5 Å². The molecule has 21 heavy (non-hydrogen) atoms. The molecule has 5 heteroatoms.